The molecule has 0 atom stereocenters. The Hall–Kier alpha value is -2.63. The summed E-state index contributed by atoms with van der Waals surface area (Å²) in [6, 6.07) is 7.41. The summed E-state index contributed by atoms with van der Waals surface area (Å²) >= 11 is 7.37. The number of hydrogen-bond acceptors (Lipinski definition) is 7. The van der Waals surface area contributed by atoms with Gasteiger partial charge in [-0.25, -0.2) is 9.97 Å². The first kappa shape index (κ1) is 27.0. The molecule has 0 unspecified atom stereocenters. The molecule has 2 aliphatic heterocycles. The Kier molecular flexibility index (Phi) is 7.70. The Labute approximate surface area is 227 Å². The van der Waals surface area contributed by atoms with Crippen molar-refractivity contribution in [1.82, 2.24) is 14.9 Å². The third-order valence-corrected chi connectivity index (χ3v) is 8.64. The molecular formula is C26H28ClF3N4O3S. The van der Waals surface area contributed by atoms with E-state index in [4.69, 9.17) is 21.4 Å². The number of aliphatic carboxylic acids is 1. The predicted molar refractivity (Wildman–Crippen MR) is 140 cm³/mol. The second-order valence-electron chi connectivity index (χ2n) is 9.88. The smallest absolute Gasteiger partial charge is 0.433 e. The van der Waals surface area contributed by atoms with Crippen LogP contribution in [0, 0.1) is 0 Å². The number of carboxylic acid groups (broad SMARTS) is 1. The van der Waals surface area contributed by atoms with Gasteiger partial charge in [0, 0.05) is 23.7 Å². The van der Waals surface area contributed by atoms with E-state index in [1.807, 2.05) is 0 Å². The molecule has 204 valence electrons. The van der Waals surface area contributed by atoms with Crippen molar-refractivity contribution >= 4 is 44.4 Å². The van der Waals surface area contributed by atoms with Gasteiger partial charge < -0.3 is 14.7 Å². The van der Waals surface area contributed by atoms with Crippen molar-refractivity contribution in [2.45, 2.75) is 50.2 Å². The highest BCUT2D eigenvalue weighted by molar-refractivity contribution is 7.21. The summed E-state index contributed by atoms with van der Waals surface area (Å²) in [5.74, 6) is -0.370. The second kappa shape index (κ2) is 10.9. The molecule has 0 aliphatic carbocycles. The molecular weight excluding hydrogens is 541 g/mol. The van der Waals surface area contributed by atoms with Crippen LogP contribution < -0.4 is 9.64 Å². The van der Waals surface area contributed by atoms with Crippen molar-refractivity contribution in [1.29, 1.82) is 0 Å². The molecule has 0 saturated carbocycles. The van der Waals surface area contributed by atoms with Crippen LogP contribution in [-0.4, -0.2) is 64.3 Å². The zero-order valence-electron chi connectivity index (χ0n) is 20.6. The summed E-state index contributed by atoms with van der Waals surface area (Å²) < 4.78 is 45.3. The maximum absolute atomic E-state index is 13.1. The lowest BCUT2D eigenvalue weighted by molar-refractivity contribution is -0.141. The standard InChI is InChI=1S/C26H28ClF3N4O3S/c27-18-13-17(15-22(35)36)14-19(16-18)37-12-7-25(34-8-1-2-9-34)5-10-33(11-6-25)24-31-20-3-4-21(26(28,29)30)32-23(20)38-24/h3-4,13-14,16H,1-2,5-12,15H2,(H,35,36). The van der Waals surface area contributed by atoms with Gasteiger partial charge in [0.2, 0.25) is 0 Å². The van der Waals surface area contributed by atoms with Crippen LogP contribution >= 0.6 is 22.9 Å². The van der Waals surface area contributed by atoms with Crippen molar-refractivity contribution in [3.05, 3.63) is 46.6 Å². The van der Waals surface area contributed by atoms with Crippen LogP contribution in [0.5, 0.6) is 5.75 Å². The number of thiazole rings is 1. The molecule has 12 heteroatoms. The SMILES string of the molecule is O=C(O)Cc1cc(Cl)cc(OCCC2(N3CCCC3)CCN(c3nc4ccc(C(F)(F)F)nc4s3)CC2)c1. The average molecular weight is 569 g/mol. The summed E-state index contributed by atoms with van der Waals surface area (Å²) in [6.45, 7) is 4.01. The van der Waals surface area contributed by atoms with Gasteiger partial charge in [-0.1, -0.05) is 22.9 Å². The molecule has 0 radical (unpaired) electrons. The fraction of sp³-hybridized carbons (Fsp3) is 0.500. The molecule has 2 aromatic heterocycles. The van der Waals surface area contributed by atoms with E-state index < -0.39 is 17.8 Å². The Morgan fingerprint density at radius 2 is 1.84 bits per heavy atom. The number of halogens is 4. The number of alkyl halides is 3. The molecule has 0 bridgehead atoms. The monoisotopic (exact) mass is 568 g/mol. The first-order chi connectivity index (χ1) is 18.1. The normalized spacial score (nSPS) is 18.3. The van der Waals surface area contributed by atoms with Crippen LogP contribution in [0.1, 0.15) is 43.4 Å². The Morgan fingerprint density at radius 3 is 2.53 bits per heavy atom. The number of piperidine rings is 1. The van der Waals surface area contributed by atoms with Crippen LogP contribution in [0.25, 0.3) is 10.3 Å². The van der Waals surface area contributed by atoms with Crippen LogP contribution in [0.3, 0.4) is 0 Å². The van der Waals surface area contributed by atoms with Gasteiger partial charge in [0.1, 0.15) is 21.8 Å². The number of benzene rings is 1. The van der Waals surface area contributed by atoms with Crippen molar-refractivity contribution < 1.29 is 27.8 Å². The minimum atomic E-state index is -4.48. The number of hydrogen-bond donors (Lipinski definition) is 1. The third kappa shape index (κ3) is 6.00. The zero-order chi connectivity index (χ0) is 26.9. The highest BCUT2D eigenvalue weighted by Crippen LogP contribution is 2.39. The Bertz CT molecular complexity index is 1300. The van der Waals surface area contributed by atoms with Crippen LogP contribution in [0.2, 0.25) is 5.02 Å². The quantitative estimate of drug-likeness (QED) is 0.363. The maximum atomic E-state index is 13.1. The number of pyridine rings is 1. The number of rotatable bonds is 8. The molecule has 4 heterocycles. The lowest BCUT2D eigenvalue weighted by Gasteiger charge is -2.47. The predicted octanol–water partition coefficient (Wildman–Crippen LogP) is 5.89. The molecule has 2 saturated heterocycles. The molecule has 2 fully saturated rings. The number of fused-ring (bicyclic) bond motifs is 1. The van der Waals surface area contributed by atoms with E-state index in [9.17, 15) is 18.0 Å². The van der Waals surface area contributed by atoms with Crippen molar-refractivity contribution in [2.24, 2.45) is 0 Å². The van der Waals surface area contributed by atoms with Gasteiger partial charge >= 0.3 is 12.1 Å². The first-order valence-corrected chi connectivity index (χ1v) is 13.8. The third-order valence-electron chi connectivity index (χ3n) is 7.40. The summed E-state index contributed by atoms with van der Waals surface area (Å²) in [4.78, 5) is 24.4. The summed E-state index contributed by atoms with van der Waals surface area (Å²) in [5.41, 5.74) is 0.122. The highest BCUT2D eigenvalue weighted by Gasteiger charge is 2.41. The molecule has 0 spiro atoms. The number of likely N-dealkylation sites (tertiary alicyclic amines) is 1. The van der Waals surface area contributed by atoms with E-state index in [1.165, 1.54) is 17.4 Å². The number of carboxylic acids is 1. The number of aromatic nitrogens is 2. The topological polar surface area (TPSA) is 78.8 Å². The van der Waals surface area contributed by atoms with E-state index in [0.717, 1.165) is 64.3 Å². The minimum Gasteiger partial charge on any atom is -0.493 e. The van der Waals surface area contributed by atoms with Crippen LogP contribution in [0.15, 0.2) is 30.3 Å². The molecule has 1 aromatic carbocycles. The number of carbonyl (C=O) groups is 1. The fourth-order valence-electron chi connectivity index (χ4n) is 5.47. The van der Waals surface area contributed by atoms with Crippen molar-refractivity contribution in [3.8, 4) is 5.75 Å². The largest absolute Gasteiger partial charge is 0.493 e. The fourth-order valence-corrected chi connectivity index (χ4v) is 6.71. The van der Waals surface area contributed by atoms with Gasteiger partial charge in [-0.2, -0.15) is 13.2 Å². The summed E-state index contributed by atoms with van der Waals surface area (Å²) in [6.07, 6.45) is 0.278. The van der Waals surface area contributed by atoms with Crippen LogP contribution in [0.4, 0.5) is 18.3 Å². The number of ether oxygens (including phenoxy) is 1. The minimum absolute atomic E-state index is 0.0478. The van der Waals surface area contributed by atoms with E-state index in [2.05, 4.69) is 19.8 Å². The van der Waals surface area contributed by atoms with Gasteiger partial charge in [-0.05, 0) is 81.1 Å². The molecule has 1 N–H and O–H groups in total. The summed E-state index contributed by atoms with van der Waals surface area (Å²) in [5, 5.41) is 10.2. The van der Waals surface area contributed by atoms with Gasteiger partial charge in [-0.15, -0.1) is 0 Å². The zero-order valence-corrected chi connectivity index (χ0v) is 22.2. The van der Waals surface area contributed by atoms with E-state index >= 15 is 0 Å². The van der Waals surface area contributed by atoms with Gasteiger partial charge in [0.05, 0.1) is 13.0 Å². The Balaban J connectivity index is 1.26. The van der Waals surface area contributed by atoms with Crippen molar-refractivity contribution in [3.63, 3.8) is 0 Å². The molecule has 3 aromatic rings. The number of nitrogens with zero attached hydrogens (tertiary/aromatic N) is 4. The highest BCUT2D eigenvalue weighted by atomic mass is 35.5. The van der Waals surface area contributed by atoms with E-state index in [1.54, 1.807) is 18.2 Å². The van der Waals surface area contributed by atoms with Gasteiger partial charge in [-0.3, -0.25) is 9.69 Å². The van der Waals surface area contributed by atoms with E-state index in [0.29, 0.717) is 38.4 Å². The lowest BCUT2D eigenvalue weighted by Crippen LogP contribution is -2.55. The number of anilines is 1. The molecule has 38 heavy (non-hydrogen) atoms. The molecule has 2 aliphatic rings. The van der Waals surface area contributed by atoms with Crippen molar-refractivity contribution in [2.75, 3.05) is 37.7 Å². The van der Waals surface area contributed by atoms with Gasteiger partial charge in [0.15, 0.2) is 5.13 Å². The second-order valence-corrected chi connectivity index (χ2v) is 11.3. The van der Waals surface area contributed by atoms with E-state index in [-0.39, 0.29) is 12.0 Å². The molecule has 7 nitrogen and oxygen atoms in total. The molecule has 0 amide bonds. The van der Waals surface area contributed by atoms with Crippen LogP contribution in [-0.2, 0) is 17.4 Å². The summed E-state index contributed by atoms with van der Waals surface area (Å²) in [7, 11) is 0. The maximum Gasteiger partial charge on any atom is 0.433 e. The average Bonchev–Trinajstić information content (AvgIpc) is 3.53. The Morgan fingerprint density at radius 1 is 1.11 bits per heavy atom. The molecule has 5 rings (SSSR count). The first-order valence-electron chi connectivity index (χ1n) is 12.6. The van der Waals surface area contributed by atoms with Gasteiger partial charge in [0.25, 0.3) is 0 Å². The lowest BCUT2D eigenvalue weighted by atomic mass is 9.83.